The number of ether oxygens (including phenoxy) is 4. The fraction of sp³-hybridized carbons (Fsp3) is 0.250. The Morgan fingerprint density at radius 3 is 2.24 bits per heavy atom. The number of benzene rings is 3. The number of aromatic nitrogens is 1. The maximum absolute atomic E-state index is 14.1. The molecule has 0 saturated heterocycles. The highest BCUT2D eigenvalue weighted by Crippen LogP contribution is 2.47. The number of thiazole rings is 1. The fourth-order valence-corrected chi connectivity index (χ4v) is 5.76. The van der Waals surface area contributed by atoms with Crippen molar-refractivity contribution in [3.8, 4) is 23.0 Å². The minimum Gasteiger partial charge on any atom is -0.493 e. The van der Waals surface area contributed by atoms with Gasteiger partial charge in [-0.2, -0.15) is 0 Å². The third-order valence-corrected chi connectivity index (χ3v) is 7.68. The van der Waals surface area contributed by atoms with Crippen molar-refractivity contribution in [1.82, 2.24) is 9.88 Å². The van der Waals surface area contributed by atoms with Crippen molar-refractivity contribution < 1.29 is 28.5 Å². The van der Waals surface area contributed by atoms with E-state index in [2.05, 4.69) is 10.3 Å². The summed E-state index contributed by atoms with van der Waals surface area (Å²) in [6, 6.07) is 15.7. The summed E-state index contributed by atoms with van der Waals surface area (Å²) in [6.07, 6.45) is 0. The number of likely N-dealkylation sites (N-methyl/N-ethyl adjacent to an activating group) is 1. The number of anilines is 1. The van der Waals surface area contributed by atoms with E-state index in [1.807, 2.05) is 30.3 Å². The summed E-state index contributed by atoms with van der Waals surface area (Å²) in [6.45, 7) is 0. The van der Waals surface area contributed by atoms with Crippen LogP contribution in [0.15, 0.2) is 54.6 Å². The number of hydrogen-bond acceptors (Lipinski definition) is 8. The second-order valence-electron chi connectivity index (χ2n) is 8.72. The first-order valence-corrected chi connectivity index (χ1v) is 12.6. The van der Waals surface area contributed by atoms with Crippen LogP contribution in [0.1, 0.15) is 33.4 Å². The Bertz CT molecular complexity index is 1500. The van der Waals surface area contributed by atoms with E-state index in [4.69, 9.17) is 18.9 Å². The SMILES string of the molecule is COc1ccc(C2C(C(=O)Nc3nc4ccccc4s3)c3cc(OC)c(OC)cc3C(=O)N2C)cc1OC. The van der Waals surface area contributed by atoms with Crippen molar-refractivity contribution in [2.75, 3.05) is 40.8 Å². The summed E-state index contributed by atoms with van der Waals surface area (Å²) >= 11 is 1.39. The quantitative estimate of drug-likeness (QED) is 0.362. The fourth-order valence-electron chi connectivity index (χ4n) is 4.89. The average molecular weight is 534 g/mol. The van der Waals surface area contributed by atoms with Gasteiger partial charge >= 0.3 is 0 Å². The number of carbonyl (C=O) groups is 2. The number of amides is 2. The Balaban J connectivity index is 1.66. The molecule has 1 N–H and O–H groups in total. The standard InChI is InChI=1S/C28H27N3O6S/c1-31-25(15-10-11-19(34-2)20(12-15)35-3)24(16-13-21(36-4)22(37-5)14-17(16)27(31)33)26(32)30-28-29-18-8-6-7-9-23(18)38-28/h6-14,24-25H,1-5H3,(H,29,30,32). The van der Waals surface area contributed by atoms with Gasteiger partial charge in [0.25, 0.3) is 5.91 Å². The molecule has 196 valence electrons. The number of para-hydroxylation sites is 1. The highest BCUT2D eigenvalue weighted by Gasteiger charge is 2.44. The predicted molar refractivity (Wildman–Crippen MR) is 145 cm³/mol. The molecule has 3 aromatic carbocycles. The van der Waals surface area contributed by atoms with Gasteiger partial charge in [-0.3, -0.25) is 9.59 Å². The van der Waals surface area contributed by atoms with Gasteiger partial charge in [-0.05, 0) is 47.5 Å². The zero-order chi connectivity index (χ0) is 27.0. The van der Waals surface area contributed by atoms with Crippen molar-refractivity contribution in [3.05, 3.63) is 71.3 Å². The molecular formula is C28H27N3O6S. The van der Waals surface area contributed by atoms with Crippen LogP contribution < -0.4 is 24.3 Å². The normalized spacial score (nSPS) is 16.7. The van der Waals surface area contributed by atoms with Crippen molar-refractivity contribution in [2.24, 2.45) is 0 Å². The summed E-state index contributed by atoms with van der Waals surface area (Å²) in [4.78, 5) is 33.8. The van der Waals surface area contributed by atoms with Crippen LogP contribution in [-0.2, 0) is 4.79 Å². The second-order valence-corrected chi connectivity index (χ2v) is 9.75. The van der Waals surface area contributed by atoms with Crippen LogP contribution in [0.4, 0.5) is 5.13 Å². The Hall–Kier alpha value is -4.31. The molecule has 38 heavy (non-hydrogen) atoms. The number of nitrogens with one attached hydrogen (secondary N) is 1. The molecule has 0 bridgehead atoms. The maximum Gasteiger partial charge on any atom is 0.254 e. The molecule has 0 saturated carbocycles. The van der Waals surface area contributed by atoms with Gasteiger partial charge < -0.3 is 29.2 Å². The Morgan fingerprint density at radius 2 is 1.55 bits per heavy atom. The summed E-state index contributed by atoms with van der Waals surface area (Å²) in [5.74, 6) is 0.520. The van der Waals surface area contributed by atoms with E-state index in [9.17, 15) is 9.59 Å². The summed E-state index contributed by atoms with van der Waals surface area (Å²) < 4.78 is 22.8. The molecule has 4 aromatic rings. The molecule has 10 heteroatoms. The van der Waals surface area contributed by atoms with Crippen molar-refractivity contribution >= 4 is 38.5 Å². The summed E-state index contributed by atoms with van der Waals surface area (Å²) in [7, 11) is 7.80. The largest absolute Gasteiger partial charge is 0.493 e. The van der Waals surface area contributed by atoms with E-state index in [0.29, 0.717) is 44.8 Å². The third-order valence-electron chi connectivity index (χ3n) is 6.73. The Kier molecular flexibility index (Phi) is 6.81. The third kappa shape index (κ3) is 4.26. The van der Waals surface area contributed by atoms with Crippen LogP contribution in [0.25, 0.3) is 10.2 Å². The van der Waals surface area contributed by atoms with E-state index in [1.54, 1.807) is 50.4 Å². The van der Waals surface area contributed by atoms with Crippen molar-refractivity contribution in [1.29, 1.82) is 0 Å². The van der Waals surface area contributed by atoms with E-state index in [1.165, 1.54) is 25.6 Å². The van der Waals surface area contributed by atoms with Crippen molar-refractivity contribution in [3.63, 3.8) is 0 Å². The van der Waals surface area contributed by atoms with Crippen LogP contribution in [0.3, 0.4) is 0 Å². The molecule has 2 atom stereocenters. The molecule has 5 rings (SSSR count). The number of rotatable bonds is 7. The van der Waals surface area contributed by atoms with Gasteiger partial charge in [0.15, 0.2) is 28.1 Å². The van der Waals surface area contributed by atoms with Gasteiger partial charge in [0.05, 0.1) is 50.6 Å². The molecule has 2 unspecified atom stereocenters. The van der Waals surface area contributed by atoms with Gasteiger partial charge in [0.2, 0.25) is 5.91 Å². The molecule has 2 heterocycles. The molecule has 1 aliphatic heterocycles. The number of methoxy groups -OCH3 is 4. The van der Waals surface area contributed by atoms with E-state index in [-0.39, 0.29) is 11.8 Å². The first kappa shape index (κ1) is 25.3. The lowest BCUT2D eigenvalue weighted by Crippen LogP contribution is -2.44. The lowest BCUT2D eigenvalue weighted by atomic mass is 9.79. The van der Waals surface area contributed by atoms with Gasteiger partial charge in [0.1, 0.15) is 0 Å². The minimum atomic E-state index is -0.794. The van der Waals surface area contributed by atoms with Gasteiger partial charge in [-0.25, -0.2) is 4.98 Å². The molecule has 0 fully saturated rings. The number of nitrogens with zero attached hydrogens (tertiary/aromatic N) is 2. The topological polar surface area (TPSA) is 99.2 Å². The molecule has 2 amide bonds. The molecular weight excluding hydrogens is 506 g/mol. The Morgan fingerprint density at radius 1 is 0.895 bits per heavy atom. The zero-order valence-electron chi connectivity index (χ0n) is 21.6. The van der Waals surface area contributed by atoms with Crippen molar-refractivity contribution in [2.45, 2.75) is 12.0 Å². The molecule has 9 nitrogen and oxygen atoms in total. The van der Waals surface area contributed by atoms with Gasteiger partial charge in [-0.15, -0.1) is 0 Å². The molecule has 0 radical (unpaired) electrons. The van der Waals surface area contributed by atoms with E-state index in [0.717, 1.165) is 10.2 Å². The summed E-state index contributed by atoms with van der Waals surface area (Å²) in [5, 5.41) is 3.47. The number of hydrogen-bond donors (Lipinski definition) is 1. The van der Waals surface area contributed by atoms with Crippen LogP contribution in [0.5, 0.6) is 23.0 Å². The summed E-state index contributed by atoms with van der Waals surface area (Å²) in [5.41, 5.74) is 2.41. The Labute approximate surface area is 223 Å². The molecule has 0 aliphatic carbocycles. The molecule has 0 spiro atoms. The van der Waals surface area contributed by atoms with E-state index >= 15 is 0 Å². The first-order valence-electron chi connectivity index (χ1n) is 11.8. The highest BCUT2D eigenvalue weighted by molar-refractivity contribution is 7.22. The van der Waals surface area contributed by atoms with Crippen LogP contribution in [0, 0.1) is 0 Å². The first-order chi connectivity index (χ1) is 18.4. The van der Waals surface area contributed by atoms with Crippen LogP contribution >= 0.6 is 11.3 Å². The van der Waals surface area contributed by atoms with Crippen LogP contribution in [0.2, 0.25) is 0 Å². The average Bonchev–Trinajstić information content (AvgIpc) is 3.35. The maximum atomic E-state index is 14.1. The molecule has 1 aromatic heterocycles. The lowest BCUT2D eigenvalue weighted by molar-refractivity contribution is -0.119. The minimum absolute atomic E-state index is 0.246. The van der Waals surface area contributed by atoms with Gasteiger partial charge in [-0.1, -0.05) is 29.5 Å². The second kappa shape index (κ2) is 10.2. The lowest BCUT2D eigenvalue weighted by Gasteiger charge is -2.40. The monoisotopic (exact) mass is 533 g/mol. The zero-order valence-corrected chi connectivity index (χ0v) is 22.4. The number of fused-ring (bicyclic) bond motifs is 2. The number of carbonyl (C=O) groups excluding carboxylic acids is 2. The van der Waals surface area contributed by atoms with Gasteiger partial charge in [0, 0.05) is 12.6 Å². The molecule has 1 aliphatic rings. The van der Waals surface area contributed by atoms with Crippen LogP contribution in [-0.4, -0.2) is 57.2 Å². The van der Waals surface area contributed by atoms with E-state index < -0.39 is 12.0 Å². The highest BCUT2D eigenvalue weighted by atomic mass is 32.1. The smallest absolute Gasteiger partial charge is 0.254 e. The predicted octanol–water partition coefficient (Wildman–Crippen LogP) is 4.88.